The van der Waals surface area contributed by atoms with Crippen molar-refractivity contribution in [1.82, 2.24) is 10.6 Å². The minimum atomic E-state index is -0.819. The zero-order valence-corrected chi connectivity index (χ0v) is 17.2. The first-order chi connectivity index (χ1) is 13.3. The predicted molar refractivity (Wildman–Crippen MR) is 111 cm³/mol. The van der Waals surface area contributed by atoms with E-state index in [2.05, 4.69) is 26.6 Å². The van der Waals surface area contributed by atoms with Gasteiger partial charge in [0.15, 0.2) is 0 Å². The molecule has 6 nitrogen and oxygen atoms in total. The maximum absolute atomic E-state index is 12.2. The molecule has 0 fully saturated rings. The summed E-state index contributed by atoms with van der Waals surface area (Å²) in [4.78, 5) is 35.9. The molecule has 0 aliphatic heterocycles. The Kier molecular flexibility index (Phi) is 8.19. The second kappa shape index (κ2) is 10.6. The largest absolute Gasteiger partial charge is 0.368 e. The zero-order chi connectivity index (χ0) is 20.5. The normalized spacial score (nSPS) is 12.6. The summed E-state index contributed by atoms with van der Waals surface area (Å²) in [6, 6.07) is 16.0. The molecule has 2 rings (SSSR count). The average Bonchev–Trinajstić information content (AvgIpc) is 2.68. The number of nitrogens with one attached hydrogen (secondary N) is 2. The van der Waals surface area contributed by atoms with Crippen molar-refractivity contribution in [3.05, 3.63) is 70.2 Å². The molecule has 2 aromatic carbocycles. The molecule has 4 N–H and O–H groups in total. The molecule has 148 valence electrons. The summed E-state index contributed by atoms with van der Waals surface area (Å²) < 4.78 is 0.923. The minimum absolute atomic E-state index is 0.0164. The van der Waals surface area contributed by atoms with Gasteiger partial charge in [0.25, 0.3) is 0 Å². The van der Waals surface area contributed by atoms with Gasteiger partial charge < -0.3 is 16.4 Å². The van der Waals surface area contributed by atoms with Gasteiger partial charge in [-0.05, 0) is 30.2 Å². The van der Waals surface area contributed by atoms with Gasteiger partial charge in [-0.15, -0.1) is 0 Å². The molecule has 2 aromatic rings. The topological polar surface area (TPSA) is 101 Å². The number of benzene rings is 2. The molecular weight excluding hydrogens is 422 g/mol. The van der Waals surface area contributed by atoms with Crippen molar-refractivity contribution in [3.8, 4) is 0 Å². The van der Waals surface area contributed by atoms with Gasteiger partial charge in [0.2, 0.25) is 17.7 Å². The number of carbonyl (C=O) groups excluding carboxylic acids is 3. The quantitative estimate of drug-likeness (QED) is 0.552. The molecule has 0 aliphatic rings. The molecule has 0 saturated heterocycles. The highest BCUT2D eigenvalue weighted by Crippen LogP contribution is 2.13. The maximum atomic E-state index is 12.2. The standard InChI is InChI=1S/C21H24BrN3O3/c1-14(16-5-3-2-4-6-16)24-19(26)11-12-20(27)25-18(21(23)28)13-15-7-9-17(22)10-8-15/h2-10,14,18H,11-13H2,1H3,(H2,23,28)(H,24,26)(H,25,27)/t14-,18-/m1/s1. The molecule has 0 radical (unpaired) electrons. The molecule has 0 unspecified atom stereocenters. The third kappa shape index (κ3) is 7.15. The van der Waals surface area contributed by atoms with Crippen molar-refractivity contribution in [3.63, 3.8) is 0 Å². The lowest BCUT2D eigenvalue weighted by Crippen LogP contribution is -2.46. The van der Waals surface area contributed by atoms with Crippen LogP contribution in [0.5, 0.6) is 0 Å². The first kappa shape index (κ1) is 21.6. The first-order valence-electron chi connectivity index (χ1n) is 9.02. The van der Waals surface area contributed by atoms with Gasteiger partial charge in [-0.25, -0.2) is 0 Å². The highest BCUT2D eigenvalue weighted by molar-refractivity contribution is 9.10. The van der Waals surface area contributed by atoms with Gasteiger partial charge in [0.05, 0.1) is 6.04 Å². The highest BCUT2D eigenvalue weighted by Gasteiger charge is 2.19. The van der Waals surface area contributed by atoms with Crippen LogP contribution in [0.25, 0.3) is 0 Å². The average molecular weight is 446 g/mol. The number of hydrogen-bond donors (Lipinski definition) is 3. The molecular formula is C21H24BrN3O3. The van der Waals surface area contributed by atoms with Crippen molar-refractivity contribution in [1.29, 1.82) is 0 Å². The van der Waals surface area contributed by atoms with E-state index in [0.29, 0.717) is 6.42 Å². The number of hydrogen-bond acceptors (Lipinski definition) is 3. The van der Waals surface area contributed by atoms with E-state index >= 15 is 0 Å². The lowest BCUT2D eigenvalue weighted by Gasteiger charge is -2.16. The smallest absolute Gasteiger partial charge is 0.240 e. The molecule has 0 bridgehead atoms. The summed E-state index contributed by atoms with van der Waals surface area (Å²) in [5.74, 6) is -1.23. The van der Waals surface area contributed by atoms with Gasteiger partial charge in [-0.3, -0.25) is 14.4 Å². The maximum Gasteiger partial charge on any atom is 0.240 e. The van der Waals surface area contributed by atoms with Crippen LogP contribution < -0.4 is 16.4 Å². The van der Waals surface area contributed by atoms with Crippen molar-refractivity contribution >= 4 is 33.7 Å². The van der Waals surface area contributed by atoms with Crippen molar-refractivity contribution < 1.29 is 14.4 Å². The number of halogens is 1. The first-order valence-corrected chi connectivity index (χ1v) is 9.82. The fourth-order valence-electron chi connectivity index (χ4n) is 2.71. The number of nitrogens with two attached hydrogens (primary N) is 1. The molecule has 3 amide bonds. The van der Waals surface area contributed by atoms with Gasteiger partial charge >= 0.3 is 0 Å². The summed E-state index contributed by atoms with van der Waals surface area (Å²) in [5, 5.41) is 5.47. The second-order valence-electron chi connectivity index (χ2n) is 6.55. The molecule has 28 heavy (non-hydrogen) atoms. The Balaban J connectivity index is 1.81. The SMILES string of the molecule is C[C@@H](NC(=O)CCC(=O)N[C@H](Cc1ccc(Br)cc1)C(N)=O)c1ccccc1. The van der Waals surface area contributed by atoms with E-state index < -0.39 is 11.9 Å². The van der Waals surface area contributed by atoms with Crippen molar-refractivity contribution in [2.75, 3.05) is 0 Å². The number of rotatable bonds is 9. The van der Waals surface area contributed by atoms with Crippen LogP contribution in [-0.4, -0.2) is 23.8 Å². The van der Waals surface area contributed by atoms with E-state index in [1.54, 1.807) is 0 Å². The van der Waals surface area contributed by atoms with Crippen molar-refractivity contribution in [2.45, 2.75) is 38.3 Å². The number of carbonyl (C=O) groups is 3. The Morgan fingerprint density at radius 1 is 0.929 bits per heavy atom. The molecule has 2 atom stereocenters. The van der Waals surface area contributed by atoms with Crippen LogP contribution in [0.4, 0.5) is 0 Å². The molecule has 0 aliphatic carbocycles. The van der Waals surface area contributed by atoms with Crippen LogP contribution in [0, 0.1) is 0 Å². The van der Waals surface area contributed by atoms with Crippen LogP contribution in [0.2, 0.25) is 0 Å². The van der Waals surface area contributed by atoms with Gasteiger partial charge in [-0.2, -0.15) is 0 Å². The van der Waals surface area contributed by atoms with Crippen LogP contribution >= 0.6 is 15.9 Å². The fraction of sp³-hybridized carbons (Fsp3) is 0.286. The Morgan fingerprint density at radius 2 is 1.50 bits per heavy atom. The monoisotopic (exact) mass is 445 g/mol. The van der Waals surface area contributed by atoms with Crippen molar-refractivity contribution in [2.24, 2.45) is 5.73 Å². The lowest BCUT2D eigenvalue weighted by atomic mass is 10.1. The number of primary amides is 1. The summed E-state index contributed by atoms with van der Waals surface area (Å²) in [5.41, 5.74) is 7.27. The van der Waals surface area contributed by atoms with Crippen LogP contribution in [0.15, 0.2) is 59.1 Å². The zero-order valence-electron chi connectivity index (χ0n) is 15.7. The Bertz CT molecular complexity index is 809. The molecule has 0 heterocycles. The summed E-state index contributed by atoms with van der Waals surface area (Å²) in [7, 11) is 0. The molecule has 0 saturated carbocycles. The van der Waals surface area contributed by atoms with E-state index in [4.69, 9.17) is 5.73 Å². The molecule has 0 spiro atoms. The highest BCUT2D eigenvalue weighted by atomic mass is 79.9. The van der Waals surface area contributed by atoms with Crippen LogP contribution in [0.3, 0.4) is 0 Å². The molecule has 7 heteroatoms. The lowest BCUT2D eigenvalue weighted by molar-refractivity contribution is -0.129. The third-order valence-corrected chi connectivity index (χ3v) is 4.82. The number of amides is 3. The Labute approximate surface area is 173 Å². The summed E-state index contributed by atoms with van der Waals surface area (Å²) in [6.45, 7) is 1.88. The second-order valence-corrected chi connectivity index (χ2v) is 7.47. The van der Waals surface area contributed by atoms with E-state index in [9.17, 15) is 14.4 Å². The summed E-state index contributed by atoms with van der Waals surface area (Å²) in [6.07, 6.45) is 0.315. The Hall–Kier alpha value is -2.67. The van der Waals surface area contributed by atoms with E-state index in [-0.39, 0.29) is 30.7 Å². The van der Waals surface area contributed by atoms with Gasteiger partial charge in [0, 0.05) is 23.7 Å². The minimum Gasteiger partial charge on any atom is -0.368 e. The van der Waals surface area contributed by atoms with Crippen LogP contribution in [0.1, 0.15) is 36.9 Å². The predicted octanol–water partition coefficient (Wildman–Crippen LogP) is 2.62. The van der Waals surface area contributed by atoms with E-state index in [1.807, 2.05) is 61.5 Å². The van der Waals surface area contributed by atoms with E-state index in [0.717, 1.165) is 15.6 Å². The third-order valence-electron chi connectivity index (χ3n) is 4.29. The fourth-order valence-corrected chi connectivity index (χ4v) is 2.98. The van der Waals surface area contributed by atoms with Crippen LogP contribution in [-0.2, 0) is 20.8 Å². The van der Waals surface area contributed by atoms with Gasteiger partial charge in [0.1, 0.15) is 6.04 Å². The Morgan fingerprint density at radius 3 is 2.07 bits per heavy atom. The van der Waals surface area contributed by atoms with E-state index in [1.165, 1.54) is 0 Å². The van der Waals surface area contributed by atoms with Gasteiger partial charge in [-0.1, -0.05) is 58.4 Å². The molecule has 0 aromatic heterocycles. The summed E-state index contributed by atoms with van der Waals surface area (Å²) >= 11 is 3.35.